The number of nitrogens with one attached hydrogen (secondary N) is 2. The van der Waals surface area contributed by atoms with Crippen LogP contribution in [0.1, 0.15) is 13.8 Å². The van der Waals surface area contributed by atoms with Crippen LogP contribution in [0.25, 0.3) is 0 Å². The molecule has 0 aromatic heterocycles. The number of halogens is 1. The van der Waals surface area contributed by atoms with E-state index in [9.17, 15) is 9.18 Å². The molecule has 0 saturated carbocycles. The molecule has 0 aliphatic carbocycles. The zero-order valence-electron chi connectivity index (χ0n) is 8.67. The van der Waals surface area contributed by atoms with Crippen molar-refractivity contribution < 1.29 is 9.18 Å². The molecule has 4 nitrogen and oxygen atoms in total. The zero-order valence-corrected chi connectivity index (χ0v) is 8.67. The number of carbonyl (C=O) groups is 1. The fourth-order valence-corrected chi connectivity index (χ4v) is 1.11. The first-order valence-corrected chi connectivity index (χ1v) is 4.61. The van der Waals surface area contributed by atoms with Crippen LogP contribution in [0.5, 0.6) is 0 Å². The summed E-state index contributed by atoms with van der Waals surface area (Å²) < 4.78 is 12.9. The number of urea groups is 1. The van der Waals surface area contributed by atoms with Gasteiger partial charge in [0.15, 0.2) is 0 Å². The Morgan fingerprint density at radius 1 is 1.40 bits per heavy atom. The molecule has 0 spiro atoms. The fourth-order valence-electron chi connectivity index (χ4n) is 1.11. The molecule has 4 N–H and O–H groups in total. The number of nitrogen functional groups attached to an aromatic ring is 1. The van der Waals surface area contributed by atoms with Crippen molar-refractivity contribution in [2.24, 2.45) is 0 Å². The average Bonchev–Trinajstić information content (AvgIpc) is 1.98. The molecule has 2 amide bonds. The zero-order chi connectivity index (χ0) is 11.4. The van der Waals surface area contributed by atoms with Crippen molar-refractivity contribution in [3.8, 4) is 0 Å². The maximum Gasteiger partial charge on any atom is 0.319 e. The molecule has 1 aromatic rings. The lowest BCUT2D eigenvalue weighted by molar-refractivity contribution is 0.250. The van der Waals surface area contributed by atoms with Crippen molar-refractivity contribution in [3.63, 3.8) is 0 Å². The van der Waals surface area contributed by atoms with Gasteiger partial charge in [-0.25, -0.2) is 9.18 Å². The molecule has 5 heteroatoms. The van der Waals surface area contributed by atoms with Crippen molar-refractivity contribution in [2.75, 3.05) is 11.1 Å². The molecular weight excluding hydrogens is 197 g/mol. The van der Waals surface area contributed by atoms with E-state index in [1.54, 1.807) is 0 Å². The molecule has 82 valence electrons. The number of amides is 2. The SMILES string of the molecule is CC(C)NC(=O)Nc1cc(N)cc(F)c1. The number of hydrogen-bond donors (Lipinski definition) is 3. The standard InChI is InChI=1S/C10H14FN3O/c1-6(2)13-10(15)14-9-4-7(11)3-8(12)5-9/h3-6H,12H2,1-2H3,(H2,13,14,15). The third-order valence-electron chi connectivity index (χ3n) is 1.60. The van der Waals surface area contributed by atoms with E-state index < -0.39 is 5.82 Å². The largest absolute Gasteiger partial charge is 0.399 e. The molecule has 0 heterocycles. The monoisotopic (exact) mass is 211 g/mol. The molecule has 0 fully saturated rings. The molecule has 0 bridgehead atoms. The summed E-state index contributed by atoms with van der Waals surface area (Å²) in [6.07, 6.45) is 0. The van der Waals surface area contributed by atoms with Crippen molar-refractivity contribution in [2.45, 2.75) is 19.9 Å². The van der Waals surface area contributed by atoms with Gasteiger partial charge < -0.3 is 16.4 Å². The maximum atomic E-state index is 12.9. The summed E-state index contributed by atoms with van der Waals surface area (Å²) in [5.74, 6) is -0.477. The Labute approximate surface area is 87.7 Å². The Morgan fingerprint density at radius 2 is 2.07 bits per heavy atom. The minimum absolute atomic E-state index is 0.0240. The number of anilines is 2. The first-order chi connectivity index (χ1) is 6.97. The highest BCUT2D eigenvalue weighted by molar-refractivity contribution is 5.89. The van der Waals surface area contributed by atoms with Gasteiger partial charge >= 0.3 is 6.03 Å². The van der Waals surface area contributed by atoms with E-state index in [4.69, 9.17) is 5.73 Å². The molecule has 0 saturated heterocycles. The lowest BCUT2D eigenvalue weighted by atomic mass is 10.3. The fraction of sp³-hybridized carbons (Fsp3) is 0.300. The highest BCUT2D eigenvalue weighted by Crippen LogP contribution is 2.15. The van der Waals surface area contributed by atoms with Gasteiger partial charge in [-0.2, -0.15) is 0 Å². The van der Waals surface area contributed by atoms with E-state index in [0.29, 0.717) is 5.69 Å². The van der Waals surface area contributed by atoms with Gasteiger partial charge in [0.1, 0.15) is 5.82 Å². The summed E-state index contributed by atoms with van der Waals surface area (Å²) in [6.45, 7) is 3.67. The molecule has 0 unspecified atom stereocenters. The molecule has 15 heavy (non-hydrogen) atoms. The van der Waals surface area contributed by atoms with E-state index in [1.165, 1.54) is 18.2 Å². The summed E-state index contributed by atoms with van der Waals surface area (Å²) in [5.41, 5.74) is 6.04. The van der Waals surface area contributed by atoms with Crippen LogP contribution >= 0.6 is 0 Å². The molecule has 1 aromatic carbocycles. The number of rotatable bonds is 2. The lowest BCUT2D eigenvalue weighted by Crippen LogP contribution is -2.34. The van der Waals surface area contributed by atoms with Crippen LogP contribution in [-0.2, 0) is 0 Å². The minimum atomic E-state index is -0.477. The average molecular weight is 211 g/mol. The van der Waals surface area contributed by atoms with Gasteiger partial charge in [-0.15, -0.1) is 0 Å². The van der Waals surface area contributed by atoms with Gasteiger partial charge in [0, 0.05) is 17.4 Å². The number of carbonyl (C=O) groups excluding carboxylic acids is 1. The Hall–Kier alpha value is -1.78. The predicted octanol–water partition coefficient (Wildman–Crippen LogP) is 1.94. The molecule has 1 rings (SSSR count). The van der Waals surface area contributed by atoms with E-state index in [2.05, 4.69) is 10.6 Å². The molecule has 0 atom stereocenters. The predicted molar refractivity (Wildman–Crippen MR) is 58.1 cm³/mol. The van der Waals surface area contributed by atoms with Gasteiger partial charge in [0.05, 0.1) is 0 Å². The van der Waals surface area contributed by atoms with Crippen LogP contribution in [0.2, 0.25) is 0 Å². The van der Waals surface area contributed by atoms with Gasteiger partial charge in [-0.1, -0.05) is 0 Å². The lowest BCUT2D eigenvalue weighted by Gasteiger charge is -2.10. The van der Waals surface area contributed by atoms with Crippen LogP contribution in [0.15, 0.2) is 18.2 Å². The van der Waals surface area contributed by atoms with Gasteiger partial charge in [-0.3, -0.25) is 0 Å². The first-order valence-electron chi connectivity index (χ1n) is 4.61. The van der Waals surface area contributed by atoms with Crippen molar-refractivity contribution in [3.05, 3.63) is 24.0 Å². The van der Waals surface area contributed by atoms with E-state index in [1.807, 2.05) is 13.8 Å². The summed E-state index contributed by atoms with van der Waals surface area (Å²) in [6, 6.07) is 3.52. The summed E-state index contributed by atoms with van der Waals surface area (Å²) in [7, 11) is 0. The van der Waals surface area contributed by atoms with E-state index >= 15 is 0 Å². The third-order valence-corrected chi connectivity index (χ3v) is 1.60. The smallest absolute Gasteiger partial charge is 0.319 e. The van der Waals surface area contributed by atoms with E-state index in [0.717, 1.165) is 0 Å². The Balaban J connectivity index is 2.68. The second-order valence-corrected chi connectivity index (χ2v) is 3.53. The molecule has 0 aliphatic rings. The molecule has 0 aliphatic heterocycles. The Kier molecular flexibility index (Phi) is 3.49. The van der Waals surface area contributed by atoms with Crippen LogP contribution in [0.3, 0.4) is 0 Å². The van der Waals surface area contributed by atoms with Gasteiger partial charge in [0.2, 0.25) is 0 Å². The van der Waals surface area contributed by atoms with Crippen LogP contribution < -0.4 is 16.4 Å². The number of benzene rings is 1. The van der Waals surface area contributed by atoms with E-state index in [-0.39, 0.29) is 17.8 Å². The maximum absolute atomic E-state index is 12.9. The van der Waals surface area contributed by atoms with Crippen LogP contribution in [0.4, 0.5) is 20.6 Å². The van der Waals surface area contributed by atoms with Crippen LogP contribution in [0, 0.1) is 5.82 Å². The summed E-state index contributed by atoms with van der Waals surface area (Å²) in [5, 5.41) is 5.10. The van der Waals surface area contributed by atoms with Gasteiger partial charge in [0.25, 0.3) is 0 Å². The highest BCUT2D eigenvalue weighted by atomic mass is 19.1. The van der Waals surface area contributed by atoms with Crippen LogP contribution in [-0.4, -0.2) is 12.1 Å². The highest BCUT2D eigenvalue weighted by Gasteiger charge is 2.04. The topological polar surface area (TPSA) is 67.2 Å². The number of hydrogen-bond acceptors (Lipinski definition) is 2. The summed E-state index contributed by atoms with van der Waals surface area (Å²) >= 11 is 0. The quantitative estimate of drug-likeness (QED) is 0.654. The molecule has 0 radical (unpaired) electrons. The molecular formula is C10H14FN3O. The van der Waals surface area contributed by atoms with Gasteiger partial charge in [-0.05, 0) is 32.0 Å². The van der Waals surface area contributed by atoms with Crippen molar-refractivity contribution >= 4 is 17.4 Å². The minimum Gasteiger partial charge on any atom is -0.399 e. The third kappa shape index (κ3) is 3.84. The second-order valence-electron chi connectivity index (χ2n) is 3.53. The summed E-state index contributed by atoms with van der Waals surface area (Å²) in [4.78, 5) is 11.3. The van der Waals surface area contributed by atoms with Crippen molar-refractivity contribution in [1.29, 1.82) is 0 Å². The Morgan fingerprint density at radius 3 is 2.60 bits per heavy atom. The first kappa shape index (κ1) is 11.3. The van der Waals surface area contributed by atoms with Crippen molar-refractivity contribution in [1.82, 2.24) is 5.32 Å². The number of nitrogens with two attached hydrogens (primary N) is 1. The Bertz CT molecular complexity index is 345. The second kappa shape index (κ2) is 4.63. The normalized spacial score (nSPS) is 10.1.